The summed E-state index contributed by atoms with van der Waals surface area (Å²) in [6.07, 6.45) is 2.66. The molecule has 2 atom stereocenters. The molecule has 4 nitrogen and oxygen atoms in total. The van der Waals surface area contributed by atoms with Gasteiger partial charge in [-0.05, 0) is 37.5 Å². The highest BCUT2D eigenvalue weighted by atomic mass is 35.5. The Morgan fingerprint density at radius 3 is 2.83 bits per heavy atom. The van der Waals surface area contributed by atoms with Crippen molar-refractivity contribution >= 4 is 23.4 Å². The van der Waals surface area contributed by atoms with Gasteiger partial charge in [0.05, 0.1) is 10.9 Å². The normalized spacial score (nSPS) is 24.0. The van der Waals surface area contributed by atoms with Crippen LogP contribution in [0.3, 0.4) is 0 Å². The van der Waals surface area contributed by atoms with Crippen molar-refractivity contribution in [1.82, 2.24) is 9.80 Å². The van der Waals surface area contributed by atoms with Gasteiger partial charge < -0.3 is 9.80 Å². The summed E-state index contributed by atoms with van der Waals surface area (Å²) < 4.78 is 13.6. The molecule has 3 saturated heterocycles. The second-order valence-corrected chi connectivity index (χ2v) is 6.71. The minimum Gasteiger partial charge on any atom is -0.338 e. The maximum absolute atomic E-state index is 13.6. The molecule has 0 radical (unpaired) electrons. The van der Waals surface area contributed by atoms with E-state index in [-0.39, 0.29) is 34.4 Å². The van der Waals surface area contributed by atoms with Crippen LogP contribution < -0.4 is 0 Å². The average molecular weight is 339 g/mol. The molecule has 2 bridgehead atoms. The molecule has 1 aromatic rings. The van der Waals surface area contributed by atoms with Gasteiger partial charge in [0, 0.05) is 31.2 Å². The van der Waals surface area contributed by atoms with Crippen LogP contribution in [0.25, 0.3) is 0 Å². The van der Waals surface area contributed by atoms with E-state index in [4.69, 9.17) is 11.6 Å². The number of fused-ring (bicyclic) bond motifs is 4. The Kier molecular flexibility index (Phi) is 4.57. The van der Waals surface area contributed by atoms with E-state index >= 15 is 0 Å². The predicted octanol–water partition coefficient (Wildman–Crippen LogP) is 2.95. The molecule has 0 unspecified atom stereocenters. The third-order valence-electron chi connectivity index (χ3n) is 4.71. The largest absolute Gasteiger partial charge is 0.338 e. The monoisotopic (exact) mass is 338 g/mol. The summed E-state index contributed by atoms with van der Waals surface area (Å²) in [4.78, 5) is 28.8. The van der Waals surface area contributed by atoms with Crippen molar-refractivity contribution in [1.29, 1.82) is 0 Å². The van der Waals surface area contributed by atoms with Crippen molar-refractivity contribution in [3.8, 4) is 0 Å². The SMILES string of the molecule is CCCN1C(=O)[C@H]2CC[C@@H]1CN(C(=O)c1ccc(Cl)c(F)c1)C2. The first kappa shape index (κ1) is 16.2. The number of piperidine rings is 1. The molecule has 6 heteroatoms. The van der Waals surface area contributed by atoms with Crippen LogP contribution in [0, 0.1) is 11.7 Å². The molecule has 0 aromatic heterocycles. The van der Waals surface area contributed by atoms with Crippen LogP contribution in [0.2, 0.25) is 5.02 Å². The van der Waals surface area contributed by atoms with Gasteiger partial charge in [-0.15, -0.1) is 0 Å². The number of nitrogens with zero attached hydrogens (tertiary/aromatic N) is 2. The van der Waals surface area contributed by atoms with Crippen LogP contribution in [-0.2, 0) is 4.79 Å². The zero-order valence-corrected chi connectivity index (χ0v) is 13.9. The Balaban J connectivity index is 1.82. The summed E-state index contributed by atoms with van der Waals surface area (Å²) >= 11 is 5.68. The summed E-state index contributed by atoms with van der Waals surface area (Å²) in [6.45, 7) is 3.72. The van der Waals surface area contributed by atoms with Gasteiger partial charge in [0.15, 0.2) is 0 Å². The lowest BCUT2D eigenvalue weighted by atomic mass is 9.94. The van der Waals surface area contributed by atoms with E-state index in [1.807, 2.05) is 11.8 Å². The van der Waals surface area contributed by atoms with Crippen LogP contribution in [0.4, 0.5) is 4.39 Å². The number of carbonyl (C=O) groups excluding carboxylic acids is 2. The molecule has 3 heterocycles. The minimum absolute atomic E-state index is 0.00165. The molecule has 1 aromatic carbocycles. The molecule has 3 aliphatic rings. The summed E-state index contributed by atoms with van der Waals surface area (Å²) in [7, 11) is 0. The smallest absolute Gasteiger partial charge is 0.254 e. The first-order valence-electron chi connectivity index (χ1n) is 8.06. The third-order valence-corrected chi connectivity index (χ3v) is 5.02. The van der Waals surface area contributed by atoms with E-state index in [1.165, 1.54) is 18.2 Å². The quantitative estimate of drug-likeness (QED) is 0.850. The van der Waals surface area contributed by atoms with Crippen molar-refractivity contribution in [2.75, 3.05) is 19.6 Å². The molecular formula is C17H20ClFN2O2. The number of hydrogen-bond acceptors (Lipinski definition) is 2. The molecular weight excluding hydrogens is 319 g/mol. The van der Waals surface area contributed by atoms with Gasteiger partial charge in [-0.1, -0.05) is 18.5 Å². The van der Waals surface area contributed by atoms with Crippen molar-refractivity contribution in [3.05, 3.63) is 34.6 Å². The van der Waals surface area contributed by atoms with Gasteiger partial charge in [0.25, 0.3) is 5.91 Å². The molecule has 0 saturated carbocycles. The molecule has 4 rings (SSSR count). The summed E-state index contributed by atoms with van der Waals surface area (Å²) in [5, 5.41) is 0.00165. The van der Waals surface area contributed by atoms with Gasteiger partial charge in [0.2, 0.25) is 5.91 Å². The average Bonchev–Trinajstić information content (AvgIpc) is 2.82. The topological polar surface area (TPSA) is 40.6 Å². The fraction of sp³-hybridized carbons (Fsp3) is 0.529. The Hall–Kier alpha value is -1.62. The van der Waals surface area contributed by atoms with Gasteiger partial charge in [-0.3, -0.25) is 9.59 Å². The van der Waals surface area contributed by atoms with Crippen molar-refractivity contribution in [2.24, 2.45) is 5.92 Å². The van der Waals surface area contributed by atoms with Crippen molar-refractivity contribution < 1.29 is 14.0 Å². The summed E-state index contributed by atoms with van der Waals surface area (Å²) in [6, 6.07) is 4.17. The Morgan fingerprint density at radius 2 is 2.13 bits per heavy atom. The number of rotatable bonds is 3. The number of benzene rings is 1. The second kappa shape index (κ2) is 6.48. The van der Waals surface area contributed by atoms with Gasteiger partial charge >= 0.3 is 0 Å². The first-order chi connectivity index (χ1) is 11.0. The second-order valence-electron chi connectivity index (χ2n) is 6.30. The van der Waals surface area contributed by atoms with E-state index in [9.17, 15) is 14.0 Å². The lowest BCUT2D eigenvalue weighted by Crippen LogP contribution is -2.48. The highest BCUT2D eigenvalue weighted by molar-refractivity contribution is 6.30. The maximum Gasteiger partial charge on any atom is 0.254 e. The lowest BCUT2D eigenvalue weighted by molar-refractivity contribution is -0.139. The highest BCUT2D eigenvalue weighted by Crippen LogP contribution is 2.30. The zero-order chi connectivity index (χ0) is 16.6. The van der Waals surface area contributed by atoms with Crippen LogP contribution >= 0.6 is 11.6 Å². The first-order valence-corrected chi connectivity index (χ1v) is 8.44. The van der Waals surface area contributed by atoms with Crippen molar-refractivity contribution in [2.45, 2.75) is 32.2 Å². The zero-order valence-electron chi connectivity index (χ0n) is 13.1. The Labute approximate surface area is 140 Å². The van der Waals surface area contributed by atoms with Crippen LogP contribution in [0.5, 0.6) is 0 Å². The Morgan fingerprint density at radius 1 is 1.35 bits per heavy atom. The molecule has 23 heavy (non-hydrogen) atoms. The third kappa shape index (κ3) is 3.07. The lowest BCUT2D eigenvalue weighted by Gasteiger charge is -2.35. The molecule has 0 aliphatic carbocycles. The molecule has 3 aliphatic heterocycles. The van der Waals surface area contributed by atoms with Crippen LogP contribution in [-0.4, -0.2) is 47.3 Å². The van der Waals surface area contributed by atoms with E-state index < -0.39 is 5.82 Å². The molecule has 0 spiro atoms. The van der Waals surface area contributed by atoms with E-state index in [1.54, 1.807) is 4.90 Å². The maximum atomic E-state index is 13.6. The van der Waals surface area contributed by atoms with Crippen LogP contribution in [0.15, 0.2) is 18.2 Å². The fourth-order valence-corrected chi connectivity index (χ4v) is 3.67. The molecule has 124 valence electrons. The van der Waals surface area contributed by atoms with E-state index in [0.717, 1.165) is 25.8 Å². The highest BCUT2D eigenvalue weighted by Gasteiger charge is 2.41. The number of amides is 2. The fourth-order valence-electron chi connectivity index (χ4n) is 3.55. The molecule has 2 amide bonds. The number of halogens is 2. The van der Waals surface area contributed by atoms with Crippen LogP contribution in [0.1, 0.15) is 36.5 Å². The predicted molar refractivity (Wildman–Crippen MR) is 85.8 cm³/mol. The minimum atomic E-state index is -0.598. The Bertz CT molecular complexity index is 637. The molecule has 0 N–H and O–H groups in total. The number of hydrogen-bond donors (Lipinski definition) is 0. The van der Waals surface area contributed by atoms with Gasteiger partial charge in [-0.2, -0.15) is 0 Å². The number of carbonyl (C=O) groups is 2. The van der Waals surface area contributed by atoms with Crippen molar-refractivity contribution in [3.63, 3.8) is 0 Å². The van der Waals surface area contributed by atoms with E-state index in [2.05, 4.69) is 0 Å². The standard InChI is InChI=1S/C17H20ClFN2O2/c1-2-7-21-13-5-3-12(17(21)23)9-20(10-13)16(22)11-4-6-14(18)15(19)8-11/h4,6,8,12-13H,2-3,5,7,9-10H2,1H3/t12-,13+/m0/s1. The van der Waals surface area contributed by atoms with Gasteiger partial charge in [-0.25, -0.2) is 4.39 Å². The molecule has 3 fully saturated rings. The van der Waals surface area contributed by atoms with Gasteiger partial charge in [0.1, 0.15) is 5.82 Å². The summed E-state index contributed by atoms with van der Waals surface area (Å²) in [5.41, 5.74) is 0.280. The summed E-state index contributed by atoms with van der Waals surface area (Å²) in [5.74, 6) is -0.815. The van der Waals surface area contributed by atoms with E-state index in [0.29, 0.717) is 13.1 Å².